The van der Waals surface area contributed by atoms with Crippen LogP contribution in [0.15, 0.2) is 60.7 Å². The summed E-state index contributed by atoms with van der Waals surface area (Å²) >= 11 is 0. The van der Waals surface area contributed by atoms with E-state index in [1.54, 1.807) is 6.92 Å². The van der Waals surface area contributed by atoms with Crippen molar-refractivity contribution >= 4 is 11.9 Å². The molecule has 2 rings (SSSR count). The highest BCUT2D eigenvalue weighted by Crippen LogP contribution is 2.30. The van der Waals surface area contributed by atoms with E-state index in [1.165, 1.54) is 36.8 Å². The molecule has 0 amide bonds. The first-order chi connectivity index (χ1) is 17.3. The fraction of sp³-hybridized carbons (Fsp3) is 0.548. The molecule has 198 valence electrons. The quantitative estimate of drug-likeness (QED) is 0.129. The lowest BCUT2D eigenvalue weighted by Crippen LogP contribution is -2.25. The molecule has 36 heavy (non-hydrogen) atoms. The summed E-state index contributed by atoms with van der Waals surface area (Å²) in [6, 6.07) is 9.11. The zero-order valence-corrected chi connectivity index (χ0v) is 22.2. The number of benzene rings is 1. The molecule has 1 aliphatic carbocycles. The van der Waals surface area contributed by atoms with Gasteiger partial charge in [-0.1, -0.05) is 69.3 Å². The van der Waals surface area contributed by atoms with E-state index in [-0.39, 0.29) is 24.7 Å². The van der Waals surface area contributed by atoms with Crippen LogP contribution in [-0.2, 0) is 31.9 Å². The highest BCUT2D eigenvalue weighted by molar-refractivity contribution is 5.88. The monoisotopic (exact) mass is 496 g/mol. The van der Waals surface area contributed by atoms with Crippen molar-refractivity contribution in [3.8, 4) is 0 Å². The molecule has 0 radical (unpaired) electrons. The van der Waals surface area contributed by atoms with Gasteiger partial charge in [0, 0.05) is 11.5 Å². The Kier molecular flexibility index (Phi) is 13.3. The number of aryl methyl sites for hydroxylation is 2. The van der Waals surface area contributed by atoms with E-state index < -0.39 is 18.5 Å². The Hall–Kier alpha value is -2.66. The van der Waals surface area contributed by atoms with Crippen LogP contribution in [0.4, 0.5) is 0 Å². The number of aliphatic hydroxyl groups excluding tert-OH is 1. The average molecular weight is 497 g/mol. The molecule has 3 atom stereocenters. The highest BCUT2D eigenvalue weighted by Gasteiger charge is 2.23. The van der Waals surface area contributed by atoms with Gasteiger partial charge in [0.2, 0.25) is 0 Å². The van der Waals surface area contributed by atoms with Crippen LogP contribution in [0.1, 0.15) is 69.9 Å². The van der Waals surface area contributed by atoms with Crippen LogP contribution < -0.4 is 0 Å². The van der Waals surface area contributed by atoms with Crippen LogP contribution in [0, 0.1) is 17.8 Å². The summed E-state index contributed by atoms with van der Waals surface area (Å²) in [4.78, 5) is 23.8. The molecule has 0 aromatic heterocycles. The Balaban J connectivity index is 1.83. The molecule has 0 fully saturated rings. The Bertz CT molecular complexity index is 883. The van der Waals surface area contributed by atoms with Crippen molar-refractivity contribution in [2.45, 2.75) is 71.6 Å². The van der Waals surface area contributed by atoms with Crippen molar-refractivity contribution in [3.05, 3.63) is 71.8 Å². The Labute approximate surface area is 217 Å². The van der Waals surface area contributed by atoms with Crippen molar-refractivity contribution in [2.75, 3.05) is 19.8 Å². The maximum absolute atomic E-state index is 11.9. The molecular formula is C31H44O5. The van der Waals surface area contributed by atoms with Gasteiger partial charge >= 0.3 is 11.9 Å². The van der Waals surface area contributed by atoms with Gasteiger partial charge in [0.25, 0.3) is 0 Å². The number of unbranched alkanes of at least 4 members (excludes halogenated alkanes) is 2. The standard InChI is InChI=1S/C31H44O5/c1-5-6-7-8-25-9-11-26(12-10-25)13-14-27-15-17-28(18-16-27)19-29(21-35-30(33)23(2)3)22-36-31(34)24(4)20-32/h9-12,15,17,27-29,32H,2,4-8,13-14,16,18-22H2,1,3H3. The number of hydrogen-bond donors (Lipinski definition) is 1. The molecule has 0 bridgehead atoms. The minimum absolute atomic E-state index is 0.0132. The van der Waals surface area contributed by atoms with Gasteiger partial charge in [0.05, 0.1) is 25.4 Å². The summed E-state index contributed by atoms with van der Waals surface area (Å²) in [7, 11) is 0. The molecular weight excluding hydrogens is 452 g/mol. The predicted molar refractivity (Wildman–Crippen MR) is 144 cm³/mol. The minimum atomic E-state index is -0.623. The summed E-state index contributed by atoms with van der Waals surface area (Å²) in [6.07, 6.45) is 14.7. The number of aliphatic hydroxyl groups is 1. The number of hydrogen-bond acceptors (Lipinski definition) is 5. The third kappa shape index (κ3) is 10.9. The van der Waals surface area contributed by atoms with Crippen LogP contribution in [0.3, 0.4) is 0 Å². The fourth-order valence-electron chi connectivity index (χ4n) is 4.46. The number of carbonyl (C=O) groups is 2. The zero-order chi connectivity index (χ0) is 26.3. The first-order valence-corrected chi connectivity index (χ1v) is 13.4. The summed E-state index contributed by atoms with van der Waals surface area (Å²) < 4.78 is 10.6. The molecule has 5 heteroatoms. The second kappa shape index (κ2) is 16.2. The lowest BCUT2D eigenvalue weighted by atomic mass is 9.81. The van der Waals surface area contributed by atoms with Crippen LogP contribution in [0.25, 0.3) is 0 Å². The van der Waals surface area contributed by atoms with Gasteiger partial charge in [-0.15, -0.1) is 0 Å². The Morgan fingerprint density at radius 1 is 0.944 bits per heavy atom. The number of rotatable bonds is 16. The van der Waals surface area contributed by atoms with Gasteiger partial charge in [-0.3, -0.25) is 0 Å². The summed E-state index contributed by atoms with van der Waals surface area (Å²) in [5.74, 6) is -0.292. The second-order valence-electron chi connectivity index (χ2n) is 10.1. The molecule has 0 saturated heterocycles. The lowest BCUT2D eigenvalue weighted by Gasteiger charge is -2.26. The maximum atomic E-state index is 11.9. The van der Waals surface area contributed by atoms with E-state index in [1.807, 2.05) is 0 Å². The third-order valence-corrected chi connectivity index (χ3v) is 6.82. The van der Waals surface area contributed by atoms with Gasteiger partial charge in [0.1, 0.15) is 0 Å². The van der Waals surface area contributed by atoms with Crippen LogP contribution in [0.5, 0.6) is 0 Å². The van der Waals surface area contributed by atoms with E-state index in [2.05, 4.69) is 56.5 Å². The van der Waals surface area contributed by atoms with Gasteiger partial charge < -0.3 is 14.6 Å². The van der Waals surface area contributed by atoms with E-state index >= 15 is 0 Å². The third-order valence-electron chi connectivity index (χ3n) is 6.82. The first-order valence-electron chi connectivity index (χ1n) is 13.4. The average Bonchev–Trinajstić information content (AvgIpc) is 2.89. The SMILES string of the molecule is C=C(C)C(=O)OCC(COC(=O)C(=C)CO)CC1C=CC(CCc2ccc(CCCCC)cc2)CC1. The molecule has 1 N–H and O–H groups in total. The number of ether oxygens (including phenoxy) is 2. The predicted octanol–water partition coefficient (Wildman–Crippen LogP) is 6.15. The second-order valence-corrected chi connectivity index (χ2v) is 10.1. The normalized spacial score (nSPS) is 17.9. The van der Waals surface area contributed by atoms with E-state index in [9.17, 15) is 9.59 Å². The van der Waals surface area contributed by atoms with Crippen molar-refractivity contribution in [1.29, 1.82) is 0 Å². The number of allylic oxidation sites excluding steroid dienone is 2. The molecule has 0 aliphatic heterocycles. The molecule has 0 heterocycles. The Morgan fingerprint density at radius 3 is 2.08 bits per heavy atom. The molecule has 1 aromatic rings. The summed E-state index contributed by atoms with van der Waals surface area (Å²) in [5.41, 5.74) is 3.18. The van der Waals surface area contributed by atoms with Gasteiger partial charge in [-0.2, -0.15) is 0 Å². The van der Waals surface area contributed by atoms with Crippen LogP contribution in [-0.4, -0.2) is 36.9 Å². The van der Waals surface area contributed by atoms with Crippen molar-refractivity contribution in [1.82, 2.24) is 0 Å². The van der Waals surface area contributed by atoms with Gasteiger partial charge in [-0.05, 0) is 74.8 Å². The molecule has 0 saturated carbocycles. The first kappa shape index (κ1) is 29.6. The maximum Gasteiger partial charge on any atom is 0.335 e. The molecule has 1 aromatic carbocycles. The molecule has 3 unspecified atom stereocenters. The van der Waals surface area contributed by atoms with Crippen molar-refractivity contribution in [3.63, 3.8) is 0 Å². The van der Waals surface area contributed by atoms with E-state index in [0.29, 0.717) is 17.4 Å². The van der Waals surface area contributed by atoms with E-state index in [4.69, 9.17) is 14.6 Å². The summed E-state index contributed by atoms with van der Waals surface area (Å²) in [6.45, 7) is 10.8. The zero-order valence-electron chi connectivity index (χ0n) is 22.2. The molecule has 1 aliphatic rings. The summed E-state index contributed by atoms with van der Waals surface area (Å²) in [5, 5.41) is 9.07. The van der Waals surface area contributed by atoms with Gasteiger partial charge in [0.15, 0.2) is 0 Å². The van der Waals surface area contributed by atoms with Gasteiger partial charge in [-0.25, -0.2) is 9.59 Å². The topological polar surface area (TPSA) is 72.8 Å². The van der Waals surface area contributed by atoms with E-state index in [0.717, 1.165) is 32.1 Å². The lowest BCUT2D eigenvalue weighted by molar-refractivity contribution is -0.144. The number of carbonyl (C=O) groups excluding carboxylic acids is 2. The fourth-order valence-corrected chi connectivity index (χ4v) is 4.46. The minimum Gasteiger partial charge on any atom is -0.462 e. The van der Waals surface area contributed by atoms with Crippen molar-refractivity contribution < 1.29 is 24.2 Å². The smallest absolute Gasteiger partial charge is 0.335 e. The highest BCUT2D eigenvalue weighted by atomic mass is 16.5. The molecule has 0 spiro atoms. The molecule has 5 nitrogen and oxygen atoms in total. The Morgan fingerprint density at radius 2 is 1.53 bits per heavy atom. The van der Waals surface area contributed by atoms with Crippen LogP contribution >= 0.6 is 0 Å². The van der Waals surface area contributed by atoms with Crippen LogP contribution in [0.2, 0.25) is 0 Å². The van der Waals surface area contributed by atoms with Crippen molar-refractivity contribution in [2.24, 2.45) is 17.8 Å². The number of esters is 2. The largest absolute Gasteiger partial charge is 0.462 e.